The van der Waals surface area contributed by atoms with Crippen molar-refractivity contribution in [1.29, 1.82) is 0 Å². The molecule has 2 amide bonds. The first-order valence-corrected chi connectivity index (χ1v) is 7.40. The number of methoxy groups -OCH3 is 1. The molecule has 0 spiro atoms. The van der Waals surface area contributed by atoms with E-state index in [0.29, 0.717) is 11.3 Å². The molecule has 124 valence electrons. The lowest BCUT2D eigenvalue weighted by Crippen LogP contribution is -2.34. The van der Waals surface area contributed by atoms with E-state index in [2.05, 4.69) is 15.8 Å². The Labute approximate surface area is 140 Å². The first kappa shape index (κ1) is 17.2. The second-order valence-electron chi connectivity index (χ2n) is 5.08. The molecule has 24 heavy (non-hydrogen) atoms. The molecule has 0 unspecified atom stereocenters. The number of benzene rings is 2. The van der Waals surface area contributed by atoms with Crippen LogP contribution in [0.1, 0.15) is 21.5 Å². The van der Waals surface area contributed by atoms with Crippen molar-refractivity contribution in [2.45, 2.75) is 6.92 Å². The van der Waals surface area contributed by atoms with Crippen molar-refractivity contribution in [1.82, 2.24) is 10.7 Å². The van der Waals surface area contributed by atoms with E-state index in [1.54, 1.807) is 25.3 Å². The Hall–Kier alpha value is -3.15. The van der Waals surface area contributed by atoms with Gasteiger partial charge in [0.25, 0.3) is 11.8 Å². The van der Waals surface area contributed by atoms with Crippen LogP contribution < -0.4 is 15.5 Å². The number of nitrogens with zero attached hydrogens (tertiary/aromatic N) is 1. The van der Waals surface area contributed by atoms with Crippen molar-refractivity contribution < 1.29 is 14.3 Å². The first-order chi connectivity index (χ1) is 11.6. The summed E-state index contributed by atoms with van der Waals surface area (Å²) in [6, 6.07) is 14.4. The largest absolute Gasteiger partial charge is 0.496 e. The van der Waals surface area contributed by atoms with Crippen LogP contribution in [0.15, 0.2) is 53.6 Å². The summed E-state index contributed by atoms with van der Waals surface area (Å²) < 4.78 is 5.18. The average Bonchev–Trinajstić information content (AvgIpc) is 2.60. The van der Waals surface area contributed by atoms with E-state index in [9.17, 15) is 9.59 Å². The van der Waals surface area contributed by atoms with Gasteiger partial charge in [-0.3, -0.25) is 9.59 Å². The minimum atomic E-state index is -0.415. The van der Waals surface area contributed by atoms with E-state index in [1.807, 2.05) is 37.3 Å². The van der Waals surface area contributed by atoms with Crippen molar-refractivity contribution in [2.75, 3.05) is 13.7 Å². The lowest BCUT2D eigenvalue weighted by Gasteiger charge is -2.05. The average molecular weight is 325 g/mol. The predicted molar refractivity (Wildman–Crippen MR) is 92.2 cm³/mol. The quantitative estimate of drug-likeness (QED) is 0.629. The van der Waals surface area contributed by atoms with Crippen LogP contribution in [0.4, 0.5) is 0 Å². The predicted octanol–water partition coefficient (Wildman–Crippen LogP) is 1.88. The Morgan fingerprint density at radius 3 is 2.54 bits per heavy atom. The highest BCUT2D eigenvalue weighted by molar-refractivity contribution is 5.96. The fourth-order valence-electron chi connectivity index (χ4n) is 1.95. The van der Waals surface area contributed by atoms with Gasteiger partial charge < -0.3 is 10.1 Å². The van der Waals surface area contributed by atoms with Crippen molar-refractivity contribution in [3.63, 3.8) is 0 Å². The van der Waals surface area contributed by atoms with Crippen LogP contribution in [0.3, 0.4) is 0 Å². The fraction of sp³-hybridized carbons (Fsp3) is 0.167. The molecule has 0 aliphatic heterocycles. The van der Waals surface area contributed by atoms with Crippen LogP contribution in [-0.2, 0) is 4.79 Å². The Kier molecular flexibility index (Phi) is 6.08. The lowest BCUT2D eigenvalue weighted by atomic mass is 10.1. The molecule has 2 aromatic rings. The van der Waals surface area contributed by atoms with Crippen molar-refractivity contribution in [3.05, 3.63) is 65.2 Å². The summed E-state index contributed by atoms with van der Waals surface area (Å²) in [6.45, 7) is 1.78. The molecule has 0 saturated carbocycles. The molecule has 0 radical (unpaired) electrons. The Balaban J connectivity index is 1.82. The van der Waals surface area contributed by atoms with Crippen LogP contribution in [0.2, 0.25) is 0 Å². The van der Waals surface area contributed by atoms with E-state index in [1.165, 1.54) is 6.21 Å². The summed E-state index contributed by atoms with van der Waals surface area (Å²) in [7, 11) is 1.56. The van der Waals surface area contributed by atoms with Crippen LogP contribution in [-0.4, -0.2) is 31.7 Å². The molecule has 2 N–H and O–H groups in total. The van der Waals surface area contributed by atoms with E-state index >= 15 is 0 Å². The van der Waals surface area contributed by atoms with Gasteiger partial charge in [-0.2, -0.15) is 5.10 Å². The summed E-state index contributed by atoms with van der Waals surface area (Å²) in [4.78, 5) is 23.6. The van der Waals surface area contributed by atoms with Gasteiger partial charge in [0.05, 0.1) is 19.9 Å². The minimum Gasteiger partial charge on any atom is -0.496 e. The van der Waals surface area contributed by atoms with Crippen LogP contribution in [0, 0.1) is 6.92 Å². The topological polar surface area (TPSA) is 79.8 Å². The number of amides is 2. The molecule has 6 nitrogen and oxygen atoms in total. The van der Waals surface area contributed by atoms with Gasteiger partial charge in [0, 0.05) is 11.1 Å². The maximum absolute atomic E-state index is 11.9. The van der Waals surface area contributed by atoms with Crippen molar-refractivity contribution in [2.24, 2.45) is 5.10 Å². The molecule has 0 atom stereocenters. The molecule has 2 rings (SSSR count). The number of hydrogen-bond donors (Lipinski definition) is 2. The van der Waals surface area contributed by atoms with Gasteiger partial charge >= 0.3 is 0 Å². The highest BCUT2D eigenvalue weighted by Gasteiger charge is 2.07. The third-order valence-electron chi connectivity index (χ3n) is 3.26. The number of ether oxygens (including phenoxy) is 1. The minimum absolute atomic E-state index is 0.157. The van der Waals surface area contributed by atoms with Crippen molar-refractivity contribution >= 4 is 18.0 Å². The summed E-state index contributed by atoms with van der Waals surface area (Å²) in [6.07, 6.45) is 1.48. The molecule has 0 aromatic heterocycles. The van der Waals surface area contributed by atoms with Crippen LogP contribution in [0.25, 0.3) is 0 Å². The maximum Gasteiger partial charge on any atom is 0.259 e. The van der Waals surface area contributed by atoms with Crippen molar-refractivity contribution in [3.8, 4) is 5.75 Å². The van der Waals surface area contributed by atoms with Gasteiger partial charge in [-0.15, -0.1) is 0 Å². The number of carbonyl (C=O) groups is 2. The molecule has 6 heteroatoms. The normalized spacial score (nSPS) is 10.4. The number of para-hydroxylation sites is 1. The molecule has 0 aliphatic rings. The molecule has 2 aromatic carbocycles. The smallest absolute Gasteiger partial charge is 0.259 e. The monoisotopic (exact) mass is 325 g/mol. The van der Waals surface area contributed by atoms with Gasteiger partial charge in [-0.1, -0.05) is 29.8 Å². The van der Waals surface area contributed by atoms with Gasteiger partial charge in [-0.05, 0) is 31.2 Å². The van der Waals surface area contributed by atoms with Crippen LogP contribution >= 0.6 is 0 Å². The summed E-state index contributed by atoms with van der Waals surface area (Å²) >= 11 is 0. The van der Waals surface area contributed by atoms with E-state index < -0.39 is 5.91 Å². The standard InChI is InChI=1S/C18H19N3O3/c1-13-7-9-14(10-8-13)18(23)19-12-17(22)21-20-11-15-5-3-4-6-16(15)24-2/h3-11H,12H2,1-2H3,(H,19,23)(H,21,22)/b20-11-. The van der Waals surface area contributed by atoms with E-state index in [4.69, 9.17) is 4.74 Å². The lowest BCUT2D eigenvalue weighted by molar-refractivity contribution is -0.120. The zero-order valence-electron chi connectivity index (χ0n) is 13.6. The molecular weight excluding hydrogens is 306 g/mol. The molecule has 0 heterocycles. The number of carbonyl (C=O) groups excluding carboxylic acids is 2. The summed E-state index contributed by atoms with van der Waals surface area (Å²) in [5, 5.41) is 6.40. The second-order valence-corrected chi connectivity index (χ2v) is 5.08. The van der Waals surface area contributed by atoms with E-state index in [-0.39, 0.29) is 12.5 Å². The zero-order chi connectivity index (χ0) is 17.4. The number of rotatable bonds is 6. The number of nitrogens with one attached hydrogen (secondary N) is 2. The first-order valence-electron chi connectivity index (χ1n) is 7.40. The SMILES string of the molecule is COc1ccccc1/C=N\NC(=O)CNC(=O)c1ccc(C)cc1. The molecule has 0 saturated heterocycles. The summed E-state index contributed by atoms with van der Waals surface area (Å²) in [5.41, 5.74) is 4.67. The Bertz CT molecular complexity index is 739. The fourth-order valence-corrected chi connectivity index (χ4v) is 1.95. The van der Waals surface area contributed by atoms with Gasteiger partial charge in [0.1, 0.15) is 5.75 Å². The number of aryl methyl sites for hydroxylation is 1. The second kappa shape index (κ2) is 8.47. The molecular formula is C18H19N3O3. The van der Waals surface area contributed by atoms with Gasteiger partial charge in [0.2, 0.25) is 0 Å². The Morgan fingerprint density at radius 2 is 1.83 bits per heavy atom. The number of hydrogen-bond acceptors (Lipinski definition) is 4. The van der Waals surface area contributed by atoms with Crippen LogP contribution in [0.5, 0.6) is 5.75 Å². The molecule has 0 aliphatic carbocycles. The molecule has 0 bridgehead atoms. The third kappa shape index (κ3) is 4.95. The third-order valence-corrected chi connectivity index (χ3v) is 3.26. The summed E-state index contributed by atoms with van der Waals surface area (Å²) in [5.74, 6) is -0.0661. The number of hydrazone groups is 1. The zero-order valence-corrected chi connectivity index (χ0v) is 13.6. The highest BCUT2D eigenvalue weighted by atomic mass is 16.5. The van der Waals surface area contributed by atoms with Gasteiger partial charge in [0.15, 0.2) is 0 Å². The van der Waals surface area contributed by atoms with Gasteiger partial charge in [-0.25, -0.2) is 5.43 Å². The highest BCUT2D eigenvalue weighted by Crippen LogP contribution is 2.14. The Morgan fingerprint density at radius 1 is 1.12 bits per heavy atom. The maximum atomic E-state index is 11.9. The molecule has 0 fully saturated rings. The van der Waals surface area contributed by atoms with E-state index in [0.717, 1.165) is 11.1 Å².